The van der Waals surface area contributed by atoms with E-state index in [9.17, 15) is 5.11 Å². The molecule has 0 aromatic carbocycles. The fourth-order valence-corrected chi connectivity index (χ4v) is 3.93. The third-order valence-electron chi connectivity index (χ3n) is 3.84. The predicted molar refractivity (Wildman–Crippen MR) is 86.5 cm³/mol. The van der Waals surface area contributed by atoms with Crippen molar-refractivity contribution in [2.45, 2.75) is 38.5 Å². The van der Waals surface area contributed by atoms with Crippen molar-refractivity contribution in [3.8, 4) is 0 Å². The first-order chi connectivity index (χ1) is 10.1. The van der Waals surface area contributed by atoms with Gasteiger partial charge >= 0.3 is 0 Å². The first-order valence-corrected chi connectivity index (χ1v) is 8.56. The zero-order valence-electron chi connectivity index (χ0n) is 12.5. The van der Waals surface area contributed by atoms with Crippen LogP contribution in [0.3, 0.4) is 0 Å². The van der Waals surface area contributed by atoms with E-state index in [4.69, 9.17) is 0 Å². The Hall–Kier alpha value is -1.11. The Balaban J connectivity index is 1.65. The third-order valence-corrected chi connectivity index (χ3v) is 5.08. The molecule has 0 amide bonds. The average molecular weight is 306 g/mol. The van der Waals surface area contributed by atoms with E-state index in [1.807, 2.05) is 28.8 Å². The van der Waals surface area contributed by atoms with Crippen molar-refractivity contribution < 1.29 is 5.11 Å². The molecule has 114 valence electrons. The second-order valence-electron chi connectivity index (χ2n) is 6.07. The monoisotopic (exact) mass is 306 g/mol. The Kier molecular flexibility index (Phi) is 4.19. The van der Waals surface area contributed by atoms with Crippen molar-refractivity contribution in [3.05, 3.63) is 24.0 Å². The van der Waals surface area contributed by atoms with E-state index in [0.29, 0.717) is 12.6 Å². The second kappa shape index (κ2) is 5.94. The summed E-state index contributed by atoms with van der Waals surface area (Å²) >= 11 is 1.82. The van der Waals surface area contributed by atoms with E-state index in [1.54, 1.807) is 0 Å². The number of nitrogens with zero attached hydrogens (tertiary/aromatic N) is 3. The number of pyridine rings is 1. The summed E-state index contributed by atoms with van der Waals surface area (Å²) in [5.41, 5.74) is 1.52. The van der Waals surface area contributed by atoms with Gasteiger partial charge in [-0.2, -0.15) is 16.9 Å². The summed E-state index contributed by atoms with van der Waals surface area (Å²) < 4.78 is 1.94. The molecule has 2 N–H and O–H groups in total. The zero-order valence-corrected chi connectivity index (χ0v) is 13.4. The van der Waals surface area contributed by atoms with Gasteiger partial charge in [-0.1, -0.05) is 0 Å². The molecule has 1 saturated heterocycles. The van der Waals surface area contributed by atoms with Crippen LogP contribution in [0.25, 0.3) is 11.0 Å². The van der Waals surface area contributed by atoms with Gasteiger partial charge in [0.15, 0.2) is 5.65 Å². The fourth-order valence-electron chi connectivity index (χ4n) is 2.64. The van der Waals surface area contributed by atoms with Crippen molar-refractivity contribution in [2.24, 2.45) is 0 Å². The second-order valence-corrected chi connectivity index (χ2v) is 7.17. The molecule has 1 atom stereocenters. The lowest BCUT2D eigenvalue weighted by Gasteiger charge is -2.21. The number of fused-ring (bicyclic) bond motifs is 1. The van der Waals surface area contributed by atoms with Crippen molar-refractivity contribution in [1.29, 1.82) is 0 Å². The van der Waals surface area contributed by atoms with Gasteiger partial charge in [0.25, 0.3) is 0 Å². The van der Waals surface area contributed by atoms with E-state index in [1.165, 1.54) is 0 Å². The first kappa shape index (κ1) is 14.8. The van der Waals surface area contributed by atoms with Crippen molar-refractivity contribution in [3.63, 3.8) is 0 Å². The summed E-state index contributed by atoms with van der Waals surface area (Å²) in [5, 5.41) is 19.1. The summed E-state index contributed by atoms with van der Waals surface area (Å²) in [6.45, 7) is 5.57. The van der Waals surface area contributed by atoms with Gasteiger partial charge in [-0.15, -0.1) is 0 Å². The molecule has 0 radical (unpaired) electrons. The molecule has 0 aliphatic carbocycles. The highest BCUT2D eigenvalue weighted by atomic mass is 32.2. The molecule has 0 bridgehead atoms. The Morgan fingerprint density at radius 3 is 3.05 bits per heavy atom. The van der Waals surface area contributed by atoms with Gasteiger partial charge in [0.2, 0.25) is 0 Å². The van der Waals surface area contributed by atoms with Crippen LogP contribution >= 0.6 is 11.8 Å². The highest BCUT2D eigenvalue weighted by Gasteiger charge is 2.30. The van der Waals surface area contributed by atoms with Gasteiger partial charge in [-0.05, 0) is 37.7 Å². The number of hydrogen-bond donors (Lipinski definition) is 2. The molecular formula is C15H22N4OS. The molecular weight excluding hydrogens is 284 g/mol. The van der Waals surface area contributed by atoms with Crippen LogP contribution in [0, 0.1) is 0 Å². The highest BCUT2D eigenvalue weighted by molar-refractivity contribution is 7.99. The summed E-state index contributed by atoms with van der Waals surface area (Å²) in [6.07, 6.45) is 4.64. The molecule has 1 aliphatic heterocycles. The molecule has 0 saturated carbocycles. The van der Waals surface area contributed by atoms with Crippen LogP contribution in [0.1, 0.15) is 31.9 Å². The van der Waals surface area contributed by atoms with Gasteiger partial charge in [-0.25, -0.2) is 9.67 Å². The fraction of sp³-hybridized carbons (Fsp3) is 0.600. The van der Waals surface area contributed by atoms with Gasteiger partial charge in [0.05, 0.1) is 11.8 Å². The molecule has 2 aromatic rings. The van der Waals surface area contributed by atoms with Crippen LogP contribution in [0.5, 0.6) is 0 Å². The van der Waals surface area contributed by atoms with Crippen molar-refractivity contribution in [1.82, 2.24) is 20.1 Å². The maximum atomic E-state index is 10.3. The number of nitrogens with one attached hydrogen (secondary N) is 1. The average Bonchev–Trinajstić information content (AvgIpc) is 3.05. The van der Waals surface area contributed by atoms with Gasteiger partial charge in [0.1, 0.15) is 0 Å². The highest BCUT2D eigenvalue weighted by Crippen LogP contribution is 2.27. The largest absolute Gasteiger partial charge is 0.388 e. The summed E-state index contributed by atoms with van der Waals surface area (Å²) in [4.78, 5) is 4.52. The molecule has 0 spiro atoms. The minimum Gasteiger partial charge on any atom is -0.388 e. The van der Waals surface area contributed by atoms with E-state index < -0.39 is 5.60 Å². The number of hydrogen-bond acceptors (Lipinski definition) is 5. The smallest absolute Gasteiger partial charge is 0.157 e. The molecule has 1 unspecified atom stereocenters. The quantitative estimate of drug-likeness (QED) is 0.884. The van der Waals surface area contributed by atoms with Gasteiger partial charge in [0, 0.05) is 36.5 Å². The lowest BCUT2D eigenvalue weighted by molar-refractivity contribution is 0.0674. The molecule has 1 aliphatic rings. The molecule has 21 heavy (non-hydrogen) atoms. The van der Waals surface area contributed by atoms with E-state index in [2.05, 4.69) is 35.3 Å². The van der Waals surface area contributed by atoms with E-state index in [-0.39, 0.29) is 0 Å². The molecule has 3 heterocycles. The molecule has 6 heteroatoms. The van der Waals surface area contributed by atoms with Gasteiger partial charge < -0.3 is 10.4 Å². The molecule has 3 rings (SSSR count). The number of aliphatic hydroxyl groups is 1. The maximum Gasteiger partial charge on any atom is 0.157 e. The lowest BCUT2D eigenvalue weighted by atomic mass is 10.0. The minimum absolute atomic E-state index is 0.313. The van der Waals surface area contributed by atoms with Crippen LogP contribution in [-0.4, -0.2) is 43.5 Å². The van der Waals surface area contributed by atoms with Crippen molar-refractivity contribution in [2.75, 3.05) is 18.1 Å². The van der Waals surface area contributed by atoms with E-state index in [0.717, 1.165) is 41.1 Å². The minimum atomic E-state index is -0.537. The maximum absolute atomic E-state index is 10.3. The van der Waals surface area contributed by atoms with Crippen LogP contribution < -0.4 is 5.32 Å². The van der Waals surface area contributed by atoms with E-state index >= 15 is 0 Å². The molecule has 5 nitrogen and oxygen atoms in total. The Bertz CT molecular complexity index is 619. The summed E-state index contributed by atoms with van der Waals surface area (Å²) in [5.74, 6) is 1.89. The van der Waals surface area contributed by atoms with Crippen LogP contribution in [-0.2, 0) is 6.54 Å². The van der Waals surface area contributed by atoms with Gasteiger partial charge in [-0.3, -0.25) is 0 Å². The number of rotatable bonds is 5. The normalized spacial score (nSPS) is 22.5. The van der Waals surface area contributed by atoms with Crippen LogP contribution in [0.15, 0.2) is 18.5 Å². The SMILES string of the molecule is CC(C)n1ncc2cc(CNCC3(O)CCSC3)cnc21. The third kappa shape index (κ3) is 3.22. The predicted octanol–water partition coefficient (Wildman–Crippen LogP) is 1.97. The summed E-state index contributed by atoms with van der Waals surface area (Å²) in [6, 6.07) is 2.43. The Morgan fingerprint density at radius 2 is 2.33 bits per heavy atom. The molecule has 2 aromatic heterocycles. The lowest BCUT2D eigenvalue weighted by Crippen LogP contribution is -2.40. The van der Waals surface area contributed by atoms with Crippen molar-refractivity contribution >= 4 is 22.8 Å². The summed E-state index contributed by atoms with van der Waals surface area (Å²) in [7, 11) is 0. The first-order valence-electron chi connectivity index (χ1n) is 7.40. The molecule has 1 fully saturated rings. The van der Waals surface area contributed by atoms with Crippen LogP contribution in [0.4, 0.5) is 0 Å². The van der Waals surface area contributed by atoms with Crippen LogP contribution in [0.2, 0.25) is 0 Å². The Labute approximate surface area is 129 Å². The number of aromatic nitrogens is 3. The topological polar surface area (TPSA) is 63.0 Å². The zero-order chi connectivity index (χ0) is 14.9. The Morgan fingerprint density at radius 1 is 1.48 bits per heavy atom. The number of thioether (sulfide) groups is 1. The standard InChI is InChI=1S/C15H22N4OS/c1-11(2)19-14-13(8-18-19)5-12(7-17-14)6-16-9-15(20)3-4-21-10-15/h5,7-8,11,16,20H,3-4,6,9-10H2,1-2H3.